The third kappa shape index (κ3) is 4.00. The maximum Gasteiger partial charge on any atom is 0.262 e. The number of Topliss-reactive ketones (excluding diaryl/α,β-unsaturated/α-hetero) is 1. The summed E-state index contributed by atoms with van der Waals surface area (Å²) in [6, 6.07) is 10.5. The van der Waals surface area contributed by atoms with E-state index < -0.39 is 11.9 Å². The maximum atomic E-state index is 12.3. The zero-order valence-electron chi connectivity index (χ0n) is 13.6. The van der Waals surface area contributed by atoms with Gasteiger partial charge in [0.15, 0.2) is 5.78 Å². The van der Waals surface area contributed by atoms with Gasteiger partial charge in [-0.3, -0.25) is 19.0 Å². The molecule has 3 rings (SSSR count). The summed E-state index contributed by atoms with van der Waals surface area (Å²) in [5.41, 5.74) is 0.699. The number of rotatable bonds is 6. The van der Waals surface area contributed by atoms with Gasteiger partial charge in [-0.15, -0.1) is 11.3 Å². The van der Waals surface area contributed by atoms with Crippen molar-refractivity contribution in [2.75, 3.05) is 0 Å². The molecule has 0 aliphatic heterocycles. The Morgan fingerprint density at radius 1 is 1.24 bits per heavy atom. The number of carbonyl (C=O) groups is 2. The van der Waals surface area contributed by atoms with Crippen LogP contribution < -0.4 is 10.9 Å². The quantitative estimate of drug-likeness (QED) is 0.731. The minimum Gasteiger partial charge on any atom is -0.344 e. The maximum absolute atomic E-state index is 12.3. The second kappa shape index (κ2) is 7.40. The molecule has 3 aromatic rings. The summed E-state index contributed by atoms with van der Waals surface area (Å²) in [5.74, 6) is -0.523. The smallest absolute Gasteiger partial charge is 0.262 e. The molecule has 0 bridgehead atoms. The number of ketones is 1. The Morgan fingerprint density at radius 3 is 2.72 bits per heavy atom. The fourth-order valence-corrected chi connectivity index (χ4v) is 3.27. The Labute approximate surface area is 148 Å². The van der Waals surface area contributed by atoms with Crippen LogP contribution in [0.25, 0.3) is 10.2 Å². The Balaban J connectivity index is 1.71. The first-order valence-corrected chi connectivity index (χ1v) is 8.69. The lowest BCUT2D eigenvalue weighted by Gasteiger charge is -2.16. The highest BCUT2D eigenvalue weighted by Gasteiger charge is 2.18. The summed E-state index contributed by atoms with van der Waals surface area (Å²) >= 11 is 1.38. The molecule has 0 radical (unpaired) electrons. The van der Waals surface area contributed by atoms with Gasteiger partial charge in [0, 0.05) is 0 Å². The van der Waals surface area contributed by atoms with Gasteiger partial charge in [0.2, 0.25) is 5.91 Å². The van der Waals surface area contributed by atoms with Crippen molar-refractivity contribution >= 4 is 33.2 Å². The predicted molar refractivity (Wildman–Crippen MR) is 96.6 cm³/mol. The molecule has 128 valence electrons. The molecule has 1 aromatic carbocycles. The van der Waals surface area contributed by atoms with Crippen molar-refractivity contribution in [2.24, 2.45) is 0 Å². The lowest BCUT2D eigenvalue weighted by Crippen LogP contribution is -2.43. The standard InChI is InChI=1S/C18H17N3O3S/c1-12(22)15(9-13-5-3-2-4-6-13)20-16(23)10-21-11-19-17-14(18(21)24)7-8-25-17/h2-8,11,15H,9-10H2,1H3,(H,20,23). The van der Waals surface area contributed by atoms with E-state index in [1.807, 2.05) is 30.3 Å². The second-order valence-corrected chi connectivity index (χ2v) is 6.63. The predicted octanol–water partition coefficient (Wildman–Crippen LogP) is 1.77. The highest BCUT2D eigenvalue weighted by atomic mass is 32.1. The van der Waals surface area contributed by atoms with Gasteiger partial charge >= 0.3 is 0 Å². The van der Waals surface area contributed by atoms with E-state index in [1.165, 1.54) is 29.2 Å². The molecular weight excluding hydrogens is 338 g/mol. The normalized spacial score (nSPS) is 12.0. The van der Waals surface area contributed by atoms with Gasteiger partial charge in [-0.05, 0) is 30.4 Å². The topological polar surface area (TPSA) is 81.1 Å². The zero-order chi connectivity index (χ0) is 17.8. The molecule has 1 amide bonds. The molecule has 7 heteroatoms. The van der Waals surface area contributed by atoms with Crippen LogP contribution in [0.4, 0.5) is 0 Å². The number of benzene rings is 1. The molecule has 2 heterocycles. The van der Waals surface area contributed by atoms with E-state index in [2.05, 4.69) is 10.3 Å². The number of thiophene rings is 1. The molecule has 2 aromatic heterocycles. The molecule has 25 heavy (non-hydrogen) atoms. The minimum absolute atomic E-state index is 0.129. The van der Waals surface area contributed by atoms with E-state index in [0.29, 0.717) is 16.6 Å². The van der Waals surface area contributed by atoms with Crippen LogP contribution in [0.15, 0.2) is 52.9 Å². The van der Waals surface area contributed by atoms with Crippen molar-refractivity contribution in [1.29, 1.82) is 0 Å². The number of carbonyl (C=O) groups excluding carboxylic acids is 2. The van der Waals surface area contributed by atoms with E-state index in [4.69, 9.17) is 0 Å². The molecule has 0 saturated heterocycles. The Bertz CT molecular complexity index is 962. The molecule has 0 saturated carbocycles. The largest absolute Gasteiger partial charge is 0.344 e. The SMILES string of the molecule is CC(=O)C(Cc1ccccc1)NC(=O)Cn1cnc2sccc2c1=O. The van der Waals surface area contributed by atoms with Crippen molar-refractivity contribution < 1.29 is 9.59 Å². The van der Waals surface area contributed by atoms with Gasteiger partial charge in [0.25, 0.3) is 5.56 Å². The number of aromatic nitrogens is 2. The molecule has 1 N–H and O–H groups in total. The fourth-order valence-electron chi connectivity index (χ4n) is 2.55. The van der Waals surface area contributed by atoms with Crippen LogP contribution in [-0.2, 0) is 22.6 Å². The highest BCUT2D eigenvalue weighted by molar-refractivity contribution is 7.16. The number of fused-ring (bicyclic) bond motifs is 1. The summed E-state index contributed by atoms with van der Waals surface area (Å²) in [4.78, 5) is 41.3. The van der Waals surface area contributed by atoms with Crippen LogP contribution in [0.5, 0.6) is 0 Å². The van der Waals surface area contributed by atoms with E-state index in [1.54, 1.807) is 11.4 Å². The molecule has 0 aliphatic rings. The minimum atomic E-state index is -0.622. The van der Waals surface area contributed by atoms with Gasteiger partial charge < -0.3 is 5.32 Å². The first-order valence-electron chi connectivity index (χ1n) is 7.81. The summed E-state index contributed by atoms with van der Waals surface area (Å²) < 4.78 is 1.25. The number of nitrogens with zero attached hydrogens (tertiary/aromatic N) is 2. The van der Waals surface area contributed by atoms with Gasteiger partial charge in [0.05, 0.1) is 17.8 Å². The van der Waals surface area contributed by atoms with Crippen LogP contribution >= 0.6 is 11.3 Å². The van der Waals surface area contributed by atoms with Crippen LogP contribution in [0.3, 0.4) is 0 Å². The van der Waals surface area contributed by atoms with Crippen LogP contribution in [0.1, 0.15) is 12.5 Å². The first kappa shape index (κ1) is 17.0. The second-order valence-electron chi connectivity index (χ2n) is 5.74. The van der Waals surface area contributed by atoms with Crippen molar-refractivity contribution in [3.05, 3.63) is 64.0 Å². The zero-order valence-corrected chi connectivity index (χ0v) is 14.5. The summed E-state index contributed by atoms with van der Waals surface area (Å²) in [5, 5.41) is 4.99. The van der Waals surface area contributed by atoms with Gasteiger partial charge in [-0.2, -0.15) is 0 Å². The van der Waals surface area contributed by atoms with E-state index >= 15 is 0 Å². The fraction of sp³-hybridized carbons (Fsp3) is 0.222. The van der Waals surface area contributed by atoms with Crippen molar-refractivity contribution in [3.8, 4) is 0 Å². The number of hydrogen-bond acceptors (Lipinski definition) is 5. The van der Waals surface area contributed by atoms with E-state index in [-0.39, 0.29) is 17.9 Å². The van der Waals surface area contributed by atoms with Crippen molar-refractivity contribution in [2.45, 2.75) is 25.9 Å². The number of nitrogens with one attached hydrogen (secondary N) is 1. The molecule has 0 fully saturated rings. The molecule has 1 unspecified atom stereocenters. The van der Waals surface area contributed by atoms with Gasteiger partial charge in [0.1, 0.15) is 11.4 Å². The van der Waals surface area contributed by atoms with Crippen molar-refractivity contribution in [1.82, 2.24) is 14.9 Å². The van der Waals surface area contributed by atoms with Crippen LogP contribution in [0, 0.1) is 0 Å². The molecule has 0 spiro atoms. The molecule has 0 aliphatic carbocycles. The van der Waals surface area contributed by atoms with Gasteiger partial charge in [-0.25, -0.2) is 4.98 Å². The third-order valence-electron chi connectivity index (χ3n) is 3.87. The first-order chi connectivity index (χ1) is 12.0. The lowest BCUT2D eigenvalue weighted by molar-refractivity contribution is -0.127. The average Bonchev–Trinajstić information content (AvgIpc) is 3.07. The average molecular weight is 355 g/mol. The Hall–Kier alpha value is -2.80. The summed E-state index contributed by atoms with van der Waals surface area (Å²) in [7, 11) is 0. The Morgan fingerprint density at radius 2 is 2.00 bits per heavy atom. The highest BCUT2D eigenvalue weighted by Crippen LogP contribution is 2.13. The van der Waals surface area contributed by atoms with Crippen molar-refractivity contribution in [3.63, 3.8) is 0 Å². The molecular formula is C18H17N3O3S. The third-order valence-corrected chi connectivity index (χ3v) is 4.69. The van der Waals surface area contributed by atoms with E-state index in [0.717, 1.165) is 5.56 Å². The molecule has 6 nitrogen and oxygen atoms in total. The number of amides is 1. The van der Waals surface area contributed by atoms with Gasteiger partial charge in [-0.1, -0.05) is 30.3 Å². The van der Waals surface area contributed by atoms with Crippen LogP contribution in [0.2, 0.25) is 0 Å². The summed E-state index contributed by atoms with van der Waals surface area (Å²) in [6.07, 6.45) is 1.78. The lowest BCUT2D eigenvalue weighted by atomic mass is 10.0. The summed E-state index contributed by atoms with van der Waals surface area (Å²) in [6.45, 7) is 1.27. The molecule has 1 atom stereocenters. The Kier molecular flexibility index (Phi) is 5.04. The van der Waals surface area contributed by atoms with Crippen LogP contribution in [-0.4, -0.2) is 27.3 Å². The monoisotopic (exact) mass is 355 g/mol. The van der Waals surface area contributed by atoms with E-state index in [9.17, 15) is 14.4 Å². The number of hydrogen-bond donors (Lipinski definition) is 1.